The second-order valence-electron chi connectivity index (χ2n) is 3.79. The lowest BCUT2D eigenvalue weighted by molar-refractivity contribution is -0.118. The van der Waals surface area contributed by atoms with Crippen molar-refractivity contribution in [3.8, 4) is 6.07 Å². The van der Waals surface area contributed by atoms with Gasteiger partial charge in [-0.05, 0) is 24.0 Å². The Kier molecular flexibility index (Phi) is 4.96. The topological polar surface area (TPSA) is 44.1 Å². The van der Waals surface area contributed by atoms with Crippen molar-refractivity contribution in [1.29, 1.82) is 5.26 Å². The standard InChI is InChI=1S/C14H16N2O/c1-3-5-12(4-2)14(10-15)13-6-8-16(11-17)9-7-13/h3-5,11H,1-2,6-9H2/b12-5+. The van der Waals surface area contributed by atoms with Crippen LogP contribution in [-0.2, 0) is 4.79 Å². The summed E-state index contributed by atoms with van der Waals surface area (Å²) >= 11 is 0. The van der Waals surface area contributed by atoms with E-state index in [0.717, 1.165) is 30.4 Å². The van der Waals surface area contributed by atoms with Gasteiger partial charge in [0.25, 0.3) is 0 Å². The van der Waals surface area contributed by atoms with E-state index >= 15 is 0 Å². The lowest BCUT2D eigenvalue weighted by atomic mass is 9.93. The average molecular weight is 228 g/mol. The summed E-state index contributed by atoms with van der Waals surface area (Å²) in [5, 5.41) is 9.22. The number of likely N-dealkylation sites (tertiary alicyclic amines) is 1. The molecule has 0 bridgehead atoms. The molecule has 1 amide bonds. The fourth-order valence-corrected chi connectivity index (χ4v) is 1.88. The normalized spacial score (nSPS) is 16.1. The monoisotopic (exact) mass is 228 g/mol. The van der Waals surface area contributed by atoms with Crippen LogP contribution in [-0.4, -0.2) is 24.4 Å². The SMILES string of the molecule is C=C/C=C(\C=C)C(C#N)=C1CCN(C=O)CC1. The molecule has 0 aliphatic carbocycles. The molecule has 3 heteroatoms. The number of nitriles is 1. The van der Waals surface area contributed by atoms with Crippen LogP contribution in [0.1, 0.15) is 12.8 Å². The third-order valence-electron chi connectivity index (χ3n) is 2.82. The summed E-state index contributed by atoms with van der Waals surface area (Å²) in [6, 6.07) is 2.23. The number of nitrogens with zero attached hydrogens (tertiary/aromatic N) is 2. The predicted molar refractivity (Wildman–Crippen MR) is 68.0 cm³/mol. The number of rotatable bonds is 4. The Bertz CT molecular complexity index is 414. The van der Waals surface area contributed by atoms with Gasteiger partial charge in [0.05, 0.1) is 11.6 Å². The smallest absolute Gasteiger partial charge is 0.209 e. The number of carbonyl (C=O) groups is 1. The zero-order valence-corrected chi connectivity index (χ0v) is 9.85. The van der Waals surface area contributed by atoms with Gasteiger partial charge >= 0.3 is 0 Å². The van der Waals surface area contributed by atoms with Crippen LogP contribution >= 0.6 is 0 Å². The Morgan fingerprint density at radius 2 is 2.00 bits per heavy atom. The van der Waals surface area contributed by atoms with E-state index in [-0.39, 0.29) is 0 Å². The summed E-state index contributed by atoms with van der Waals surface area (Å²) in [4.78, 5) is 12.3. The summed E-state index contributed by atoms with van der Waals surface area (Å²) in [5.74, 6) is 0. The minimum Gasteiger partial charge on any atom is -0.345 e. The van der Waals surface area contributed by atoms with Gasteiger partial charge in [-0.3, -0.25) is 4.79 Å². The van der Waals surface area contributed by atoms with Gasteiger partial charge in [-0.1, -0.05) is 31.4 Å². The highest BCUT2D eigenvalue weighted by Crippen LogP contribution is 2.24. The molecule has 0 atom stereocenters. The van der Waals surface area contributed by atoms with Gasteiger partial charge in [-0.15, -0.1) is 0 Å². The second-order valence-corrected chi connectivity index (χ2v) is 3.79. The fraction of sp³-hybridized carbons (Fsp3) is 0.286. The van der Waals surface area contributed by atoms with E-state index in [1.807, 2.05) is 0 Å². The minimum atomic E-state index is 0.672. The van der Waals surface area contributed by atoms with E-state index in [9.17, 15) is 10.1 Å². The molecule has 1 saturated heterocycles. The number of hydrogen-bond acceptors (Lipinski definition) is 2. The lowest BCUT2D eigenvalue weighted by Crippen LogP contribution is -2.29. The highest BCUT2D eigenvalue weighted by atomic mass is 16.1. The molecular formula is C14H16N2O. The molecular weight excluding hydrogens is 212 g/mol. The van der Waals surface area contributed by atoms with Gasteiger partial charge < -0.3 is 4.90 Å². The van der Waals surface area contributed by atoms with Crippen LogP contribution in [0.4, 0.5) is 0 Å². The van der Waals surface area contributed by atoms with E-state index in [4.69, 9.17) is 0 Å². The van der Waals surface area contributed by atoms with Crippen molar-refractivity contribution in [3.05, 3.63) is 48.1 Å². The molecule has 1 fully saturated rings. The number of carbonyl (C=O) groups excluding carboxylic acids is 1. The number of amides is 1. The van der Waals surface area contributed by atoms with E-state index in [1.54, 1.807) is 23.1 Å². The Morgan fingerprint density at radius 1 is 1.35 bits per heavy atom. The molecule has 88 valence electrons. The maximum absolute atomic E-state index is 10.6. The molecule has 0 N–H and O–H groups in total. The first-order chi connectivity index (χ1) is 8.26. The van der Waals surface area contributed by atoms with Crippen LogP contribution in [0.2, 0.25) is 0 Å². The van der Waals surface area contributed by atoms with Crippen molar-refractivity contribution in [3.63, 3.8) is 0 Å². The first kappa shape index (κ1) is 13.0. The molecule has 0 aromatic carbocycles. The maximum atomic E-state index is 10.6. The molecule has 0 unspecified atom stereocenters. The molecule has 1 aliphatic heterocycles. The van der Waals surface area contributed by atoms with Gasteiger partial charge in [0.15, 0.2) is 0 Å². The maximum Gasteiger partial charge on any atom is 0.209 e. The van der Waals surface area contributed by atoms with Crippen molar-refractivity contribution in [1.82, 2.24) is 4.90 Å². The van der Waals surface area contributed by atoms with Gasteiger partial charge in [-0.2, -0.15) is 5.26 Å². The van der Waals surface area contributed by atoms with Crippen LogP contribution in [0, 0.1) is 11.3 Å². The lowest BCUT2D eigenvalue weighted by Gasteiger charge is -2.25. The van der Waals surface area contributed by atoms with Crippen molar-refractivity contribution < 1.29 is 4.79 Å². The highest BCUT2D eigenvalue weighted by Gasteiger charge is 2.16. The molecule has 0 saturated carbocycles. The zero-order valence-electron chi connectivity index (χ0n) is 9.85. The first-order valence-electron chi connectivity index (χ1n) is 5.53. The van der Waals surface area contributed by atoms with E-state index < -0.39 is 0 Å². The van der Waals surface area contributed by atoms with Crippen LogP contribution in [0.15, 0.2) is 48.1 Å². The fourth-order valence-electron chi connectivity index (χ4n) is 1.88. The average Bonchev–Trinajstić information content (AvgIpc) is 2.39. The Hall–Kier alpha value is -2.08. The van der Waals surface area contributed by atoms with Gasteiger partial charge in [0, 0.05) is 13.1 Å². The van der Waals surface area contributed by atoms with Crippen LogP contribution in [0.5, 0.6) is 0 Å². The summed E-state index contributed by atoms with van der Waals surface area (Å²) < 4.78 is 0. The molecule has 1 aliphatic rings. The Labute approximate surface area is 102 Å². The van der Waals surface area contributed by atoms with E-state index in [2.05, 4.69) is 19.2 Å². The van der Waals surface area contributed by atoms with Crippen molar-refractivity contribution >= 4 is 6.41 Å². The largest absolute Gasteiger partial charge is 0.345 e. The van der Waals surface area contributed by atoms with E-state index in [1.165, 1.54) is 0 Å². The summed E-state index contributed by atoms with van der Waals surface area (Å²) in [6.07, 6.45) is 7.46. The predicted octanol–water partition coefficient (Wildman–Crippen LogP) is 2.36. The number of hydrogen-bond donors (Lipinski definition) is 0. The van der Waals surface area contributed by atoms with Crippen LogP contribution < -0.4 is 0 Å². The minimum absolute atomic E-state index is 0.672. The first-order valence-corrected chi connectivity index (χ1v) is 5.53. The molecule has 0 aromatic heterocycles. The third-order valence-corrected chi connectivity index (χ3v) is 2.82. The summed E-state index contributed by atoms with van der Waals surface area (Å²) in [7, 11) is 0. The Morgan fingerprint density at radius 3 is 2.41 bits per heavy atom. The number of allylic oxidation sites excluding steroid dienone is 5. The van der Waals surface area contributed by atoms with Gasteiger partial charge in [-0.25, -0.2) is 0 Å². The zero-order chi connectivity index (χ0) is 12.7. The quantitative estimate of drug-likeness (QED) is 0.421. The third kappa shape index (κ3) is 3.18. The van der Waals surface area contributed by atoms with Crippen LogP contribution in [0.25, 0.3) is 0 Å². The number of piperidine rings is 1. The van der Waals surface area contributed by atoms with Crippen molar-refractivity contribution in [2.24, 2.45) is 0 Å². The molecule has 17 heavy (non-hydrogen) atoms. The summed E-state index contributed by atoms with van der Waals surface area (Å²) in [5.41, 5.74) is 2.57. The van der Waals surface area contributed by atoms with Crippen molar-refractivity contribution in [2.45, 2.75) is 12.8 Å². The molecule has 0 radical (unpaired) electrons. The summed E-state index contributed by atoms with van der Waals surface area (Å²) in [6.45, 7) is 8.70. The molecule has 0 aromatic rings. The van der Waals surface area contributed by atoms with Crippen molar-refractivity contribution in [2.75, 3.05) is 13.1 Å². The molecule has 0 spiro atoms. The van der Waals surface area contributed by atoms with Crippen LogP contribution in [0.3, 0.4) is 0 Å². The van der Waals surface area contributed by atoms with Gasteiger partial charge in [0.1, 0.15) is 0 Å². The molecule has 3 nitrogen and oxygen atoms in total. The van der Waals surface area contributed by atoms with E-state index in [0.29, 0.717) is 18.7 Å². The molecule has 1 heterocycles. The van der Waals surface area contributed by atoms with Gasteiger partial charge in [0.2, 0.25) is 6.41 Å². The second kappa shape index (κ2) is 6.49. The molecule has 1 rings (SSSR count). The Balaban J connectivity index is 2.97. The highest BCUT2D eigenvalue weighted by molar-refractivity contribution is 5.53.